The first-order chi connectivity index (χ1) is 8.20. The van der Waals surface area contributed by atoms with Gasteiger partial charge in [0.1, 0.15) is 5.75 Å². The SMILES string of the molecule is COc1ccccc1Nc1ccc(Br)cc1N. The number of para-hydroxylation sites is 2. The van der Waals surface area contributed by atoms with Crippen LogP contribution in [0.25, 0.3) is 0 Å². The van der Waals surface area contributed by atoms with Gasteiger partial charge in [-0.15, -0.1) is 0 Å². The van der Waals surface area contributed by atoms with Crippen LogP contribution in [-0.4, -0.2) is 7.11 Å². The number of benzene rings is 2. The number of hydrogen-bond acceptors (Lipinski definition) is 3. The Morgan fingerprint density at radius 2 is 1.88 bits per heavy atom. The van der Waals surface area contributed by atoms with Crippen LogP contribution in [0.3, 0.4) is 0 Å². The summed E-state index contributed by atoms with van der Waals surface area (Å²) in [6.07, 6.45) is 0. The molecule has 0 aliphatic rings. The second-order valence-electron chi connectivity index (χ2n) is 3.56. The molecule has 2 aromatic rings. The Hall–Kier alpha value is -1.68. The van der Waals surface area contributed by atoms with Crippen LogP contribution in [0.2, 0.25) is 0 Å². The fourth-order valence-corrected chi connectivity index (χ4v) is 1.92. The van der Waals surface area contributed by atoms with Crippen molar-refractivity contribution >= 4 is 33.0 Å². The lowest BCUT2D eigenvalue weighted by molar-refractivity contribution is 0.417. The number of nitrogen functional groups attached to an aromatic ring is 1. The van der Waals surface area contributed by atoms with Crippen molar-refractivity contribution < 1.29 is 4.74 Å². The maximum absolute atomic E-state index is 5.93. The molecule has 4 heteroatoms. The molecule has 17 heavy (non-hydrogen) atoms. The summed E-state index contributed by atoms with van der Waals surface area (Å²) in [6, 6.07) is 13.4. The average molecular weight is 293 g/mol. The molecule has 2 aromatic carbocycles. The molecule has 0 aliphatic carbocycles. The Morgan fingerprint density at radius 3 is 2.59 bits per heavy atom. The third-order valence-electron chi connectivity index (χ3n) is 2.39. The van der Waals surface area contributed by atoms with Gasteiger partial charge >= 0.3 is 0 Å². The second-order valence-corrected chi connectivity index (χ2v) is 4.47. The standard InChI is InChI=1S/C13H13BrN2O/c1-17-13-5-3-2-4-12(13)16-11-7-6-9(14)8-10(11)15/h2-8,16H,15H2,1H3. The molecule has 3 nitrogen and oxygen atoms in total. The van der Waals surface area contributed by atoms with Gasteiger partial charge in [0.15, 0.2) is 0 Å². The largest absolute Gasteiger partial charge is 0.495 e. The van der Waals surface area contributed by atoms with E-state index in [9.17, 15) is 0 Å². The molecule has 0 bridgehead atoms. The van der Waals surface area contributed by atoms with Crippen molar-refractivity contribution in [3.8, 4) is 5.75 Å². The molecule has 0 amide bonds. The van der Waals surface area contributed by atoms with Gasteiger partial charge in [-0.1, -0.05) is 28.1 Å². The van der Waals surface area contributed by atoms with Gasteiger partial charge in [-0.05, 0) is 30.3 Å². The molecule has 0 aromatic heterocycles. The van der Waals surface area contributed by atoms with Crippen molar-refractivity contribution in [2.75, 3.05) is 18.2 Å². The summed E-state index contributed by atoms with van der Waals surface area (Å²) in [5, 5.41) is 3.25. The molecule has 2 rings (SSSR count). The molecule has 3 N–H and O–H groups in total. The van der Waals surface area contributed by atoms with Gasteiger partial charge in [0.05, 0.1) is 24.2 Å². The maximum atomic E-state index is 5.93. The van der Waals surface area contributed by atoms with Gasteiger partial charge in [0.2, 0.25) is 0 Å². The Labute approximate surface area is 109 Å². The third-order valence-corrected chi connectivity index (χ3v) is 2.88. The van der Waals surface area contributed by atoms with Gasteiger partial charge in [0, 0.05) is 4.47 Å². The van der Waals surface area contributed by atoms with E-state index in [0.29, 0.717) is 5.69 Å². The maximum Gasteiger partial charge on any atom is 0.142 e. The number of nitrogens with one attached hydrogen (secondary N) is 1. The topological polar surface area (TPSA) is 47.3 Å². The van der Waals surface area contributed by atoms with Gasteiger partial charge in [-0.3, -0.25) is 0 Å². The zero-order valence-electron chi connectivity index (χ0n) is 9.41. The van der Waals surface area contributed by atoms with Crippen molar-refractivity contribution in [2.24, 2.45) is 0 Å². The van der Waals surface area contributed by atoms with E-state index >= 15 is 0 Å². The van der Waals surface area contributed by atoms with Crippen molar-refractivity contribution in [1.29, 1.82) is 0 Å². The molecule has 88 valence electrons. The highest BCUT2D eigenvalue weighted by atomic mass is 79.9. The van der Waals surface area contributed by atoms with Gasteiger partial charge in [-0.25, -0.2) is 0 Å². The van der Waals surface area contributed by atoms with Crippen LogP contribution in [-0.2, 0) is 0 Å². The lowest BCUT2D eigenvalue weighted by Crippen LogP contribution is -1.98. The molecular formula is C13H13BrN2O. The smallest absolute Gasteiger partial charge is 0.142 e. The molecular weight excluding hydrogens is 280 g/mol. The summed E-state index contributed by atoms with van der Waals surface area (Å²) >= 11 is 3.38. The number of methoxy groups -OCH3 is 1. The quantitative estimate of drug-likeness (QED) is 0.847. The summed E-state index contributed by atoms with van der Waals surface area (Å²) < 4.78 is 6.23. The van der Waals surface area contributed by atoms with Crippen molar-refractivity contribution in [2.45, 2.75) is 0 Å². The third kappa shape index (κ3) is 2.71. The normalized spacial score (nSPS) is 10.0. The van der Waals surface area contributed by atoms with E-state index in [-0.39, 0.29) is 0 Å². The number of rotatable bonds is 3. The monoisotopic (exact) mass is 292 g/mol. The fraction of sp³-hybridized carbons (Fsp3) is 0.0769. The lowest BCUT2D eigenvalue weighted by atomic mass is 10.2. The molecule has 0 saturated heterocycles. The molecule has 0 aliphatic heterocycles. The number of nitrogens with two attached hydrogens (primary N) is 1. The van der Waals surface area contributed by atoms with Crippen molar-refractivity contribution in [3.63, 3.8) is 0 Å². The zero-order valence-corrected chi connectivity index (χ0v) is 11.0. The van der Waals surface area contributed by atoms with E-state index < -0.39 is 0 Å². The van der Waals surface area contributed by atoms with E-state index in [1.807, 2.05) is 42.5 Å². The highest BCUT2D eigenvalue weighted by molar-refractivity contribution is 9.10. The van der Waals surface area contributed by atoms with E-state index in [4.69, 9.17) is 10.5 Å². The highest BCUT2D eigenvalue weighted by Crippen LogP contribution is 2.30. The minimum Gasteiger partial charge on any atom is -0.495 e. The Kier molecular flexibility index (Phi) is 3.54. The Morgan fingerprint density at radius 1 is 1.12 bits per heavy atom. The summed E-state index contributed by atoms with van der Waals surface area (Å²) in [7, 11) is 1.64. The van der Waals surface area contributed by atoms with Crippen LogP contribution in [0.4, 0.5) is 17.1 Å². The second kappa shape index (κ2) is 5.10. The van der Waals surface area contributed by atoms with Crippen molar-refractivity contribution in [1.82, 2.24) is 0 Å². The predicted molar refractivity (Wildman–Crippen MR) is 74.8 cm³/mol. The van der Waals surface area contributed by atoms with Gasteiger partial charge < -0.3 is 15.8 Å². The molecule has 0 atom stereocenters. The molecule has 0 unspecified atom stereocenters. The summed E-state index contributed by atoms with van der Waals surface area (Å²) in [4.78, 5) is 0. The van der Waals surface area contributed by atoms with Gasteiger partial charge in [-0.2, -0.15) is 0 Å². The molecule has 0 fully saturated rings. The van der Waals surface area contributed by atoms with Crippen LogP contribution in [0, 0.1) is 0 Å². The van der Waals surface area contributed by atoms with E-state index in [1.54, 1.807) is 7.11 Å². The summed E-state index contributed by atoms with van der Waals surface area (Å²) in [6.45, 7) is 0. The van der Waals surface area contributed by atoms with Crippen LogP contribution in [0.5, 0.6) is 5.75 Å². The number of anilines is 3. The Balaban J connectivity index is 2.31. The lowest BCUT2D eigenvalue weighted by Gasteiger charge is -2.12. The molecule has 0 spiro atoms. The molecule has 0 saturated carbocycles. The predicted octanol–water partition coefficient (Wildman–Crippen LogP) is 3.78. The average Bonchev–Trinajstić information content (AvgIpc) is 2.33. The van der Waals surface area contributed by atoms with Crippen LogP contribution >= 0.6 is 15.9 Å². The summed E-state index contributed by atoms with van der Waals surface area (Å²) in [5.41, 5.74) is 8.36. The van der Waals surface area contributed by atoms with Crippen LogP contribution in [0.1, 0.15) is 0 Å². The number of hydrogen-bond donors (Lipinski definition) is 2. The summed E-state index contributed by atoms with van der Waals surface area (Å²) in [5.74, 6) is 0.787. The minimum absolute atomic E-state index is 0.685. The zero-order chi connectivity index (χ0) is 12.3. The Bertz CT molecular complexity index is 529. The van der Waals surface area contributed by atoms with Crippen molar-refractivity contribution in [3.05, 3.63) is 46.9 Å². The minimum atomic E-state index is 0.685. The fourth-order valence-electron chi connectivity index (χ4n) is 1.54. The van der Waals surface area contributed by atoms with Crippen LogP contribution in [0.15, 0.2) is 46.9 Å². The number of halogens is 1. The highest BCUT2D eigenvalue weighted by Gasteiger charge is 2.04. The van der Waals surface area contributed by atoms with Crippen LogP contribution < -0.4 is 15.8 Å². The molecule has 0 radical (unpaired) electrons. The molecule has 0 heterocycles. The van der Waals surface area contributed by atoms with Gasteiger partial charge in [0.25, 0.3) is 0 Å². The van der Waals surface area contributed by atoms with E-state index in [2.05, 4.69) is 21.2 Å². The first-order valence-electron chi connectivity index (χ1n) is 5.16. The number of ether oxygens (including phenoxy) is 1. The first kappa shape index (κ1) is 11.8. The van der Waals surface area contributed by atoms with E-state index in [0.717, 1.165) is 21.6 Å². The van der Waals surface area contributed by atoms with E-state index in [1.165, 1.54) is 0 Å². The first-order valence-corrected chi connectivity index (χ1v) is 5.95.